The minimum atomic E-state index is -0.118. The van der Waals surface area contributed by atoms with Gasteiger partial charge in [0.15, 0.2) is 0 Å². The maximum atomic E-state index is 13.2. The molecule has 3 aromatic heterocycles. The fourth-order valence-electron chi connectivity index (χ4n) is 5.91. The van der Waals surface area contributed by atoms with Crippen molar-refractivity contribution in [2.24, 2.45) is 0 Å². The zero-order valence-electron chi connectivity index (χ0n) is 23.3. The fourth-order valence-corrected chi connectivity index (χ4v) is 7.16. The van der Waals surface area contributed by atoms with Crippen LogP contribution < -0.4 is 21.1 Å². The number of benzene rings is 2. The molecule has 2 N–H and O–H groups in total. The van der Waals surface area contributed by atoms with Gasteiger partial charge in [-0.3, -0.25) is 14.0 Å². The minimum absolute atomic E-state index is 0.0345. The molecule has 1 amide bonds. The SMILES string of the molecule is O=C(CCNCC1CCCO1)Nc1ccc(-c2cccn3c(=O)cc(N4CCOCC4)nc23)c2sc3ccccc3c12. The molecule has 0 spiro atoms. The molecule has 7 rings (SSSR count). The first-order chi connectivity index (χ1) is 20.7. The van der Waals surface area contributed by atoms with E-state index in [4.69, 9.17) is 14.5 Å². The van der Waals surface area contributed by atoms with Gasteiger partial charge < -0.3 is 25.0 Å². The van der Waals surface area contributed by atoms with Crippen molar-refractivity contribution in [3.8, 4) is 11.1 Å². The molecule has 10 heteroatoms. The number of morpholine rings is 1. The third kappa shape index (κ3) is 5.27. The van der Waals surface area contributed by atoms with E-state index >= 15 is 0 Å². The van der Waals surface area contributed by atoms with Crippen molar-refractivity contribution in [3.63, 3.8) is 0 Å². The lowest BCUT2D eigenvalue weighted by atomic mass is 10.0. The van der Waals surface area contributed by atoms with Crippen molar-refractivity contribution in [3.05, 3.63) is 71.1 Å². The van der Waals surface area contributed by atoms with E-state index in [-0.39, 0.29) is 17.6 Å². The molecule has 0 bridgehead atoms. The Kier molecular flexibility index (Phi) is 7.60. The number of thiophene rings is 1. The molecule has 5 aromatic rings. The third-order valence-electron chi connectivity index (χ3n) is 8.03. The Bertz CT molecular complexity index is 1820. The third-order valence-corrected chi connectivity index (χ3v) is 9.23. The predicted octanol–water partition coefficient (Wildman–Crippen LogP) is 4.66. The van der Waals surface area contributed by atoms with Crippen molar-refractivity contribution < 1.29 is 14.3 Å². The number of carbonyl (C=O) groups is 1. The van der Waals surface area contributed by atoms with Gasteiger partial charge in [-0.1, -0.05) is 24.3 Å². The highest BCUT2D eigenvalue weighted by Gasteiger charge is 2.20. The fraction of sp³-hybridized carbons (Fsp3) is 0.344. The standard InChI is InChI=1S/C32H33N5O4S/c38-28(11-12-33-20-21-5-4-16-41-21)34-25-10-9-22(31-30(25)24-6-1-2-8-26(24)42-31)23-7-3-13-37-29(39)19-27(35-32(23)37)36-14-17-40-18-15-36/h1-3,6-10,13,19,21,33H,4-5,11-12,14-18,20H2,(H,34,38). The van der Waals surface area contributed by atoms with Crippen LogP contribution in [0, 0.1) is 0 Å². The van der Waals surface area contributed by atoms with Crippen LogP contribution in [0.4, 0.5) is 11.5 Å². The monoisotopic (exact) mass is 583 g/mol. The predicted molar refractivity (Wildman–Crippen MR) is 168 cm³/mol. The lowest BCUT2D eigenvalue weighted by Crippen LogP contribution is -2.37. The highest BCUT2D eigenvalue weighted by Crippen LogP contribution is 2.44. The highest BCUT2D eigenvalue weighted by molar-refractivity contribution is 7.26. The number of ether oxygens (including phenoxy) is 2. The van der Waals surface area contributed by atoms with Gasteiger partial charge in [0.05, 0.1) is 25.0 Å². The Morgan fingerprint density at radius 3 is 2.79 bits per heavy atom. The van der Waals surface area contributed by atoms with Gasteiger partial charge >= 0.3 is 0 Å². The van der Waals surface area contributed by atoms with Gasteiger partial charge in [-0.05, 0) is 37.1 Å². The molecule has 0 radical (unpaired) electrons. The molecule has 1 atom stereocenters. The van der Waals surface area contributed by atoms with Crippen molar-refractivity contribution in [1.82, 2.24) is 14.7 Å². The van der Waals surface area contributed by atoms with Crippen LogP contribution in [0.5, 0.6) is 0 Å². The number of nitrogens with zero attached hydrogens (tertiary/aromatic N) is 3. The van der Waals surface area contributed by atoms with Gasteiger partial charge in [0.25, 0.3) is 5.56 Å². The van der Waals surface area contributed by atoms with Crippen LogP contribution in [0.3, 0.4) is 0 Å². The summed E-state index contributed by atoms with van der Waals surface area (Å²) in [6, 6.07) is 17.8. The number of amides is 1. The summed E-state index contributed by atoms with van der Waals surface area (Å²) >= 11 is 1.69. The number of anilines is 2. The summed E-state index contributed by atoms with van der Waals surface area (Å²) < 4.78 is 15.0. The summed E-state index contributed by atoms with van der Waals surface area (Å²) in [5.41, 5.74) is 3.13. The molecule has 2 aliphatic heterocycles. The summed E-state index contributed by atoms with van der Waals surface area (Å²) in [5.74, 6) is 0.632. The number of nitrogens with one attached hydrogen (secondary N) is 2. The topological polar surface area (TPSA) is 97.2 Å². The first kappa shape index (κ1) is 27.0. The van der Waals surface area contributed by atoms with Crippen LogP contribution in [0.2, 0.25) is 0 Å². The number of hydrogen-bond acceptors (Lipinski definition) is 8. The van der Waals surface area contributed by atoms with Crippen LogP contribution in [0.1, 0.15) is 19.3 Å². The second-order valence-electron chi connectivity index (χ2n) is 10.8. The van der Waals surface area contributed by atoms with Gasteiger partial charge in [0.2, 0.25) is 5.91 Å². The second-order valence-corrected chi connectivity index (χ2v) is 11.8. The van der Waals surface area contributed by atoms with E-state index in [1.807, 2.05) is 36.4 Å². The molecule has 42 heavy (non-hydrogen) atoms. The maximum absolute atomic E-state index is 13.2. The molecule has 2 saturated heterocycles. The summed E-state index contributed by atoms with van der Waals surface area (Å²) in [6.07, 6.45) is 4.57. The number of carbonyl (C=O) groups excluding carboxylic acids is 1. The normalized spacial score (nSPS) is 17.4. The average Bonchev–Trinajstić information content (AvgIpc) is 3.68. The Morgan fingerprint density at radius 1 is 1.05 bits per heavy atom. The molecule has 9 nitrogen and oxygen atoms in total. The highest BCUT2D eigenvalue weighted by atomic mass is 32.1. The van der Waals surface area contributed by atoms with Crippen molar-refractivity contribution in [2.75, 3.05) is 56.2 Å². The van der Waals surface area contributed by atoms with E-state index in [0.29, 0.717) is 50.7 Å². The van der Waals surface area contributed by atoms with E-state index < -0.39 is 0 Å². The minimum Gasteiger partial charge on any atom is -0.378 e. The Hall–Kier alpha value is -3.83. The number of aromatic nitrogens is 2. The number of rotatable bonds is 8. The Labute approximate surface area is 247 Å². The first-order valence-electron chi connectivity index (χ1n) is 14.6. The molecule has 5 heterocycles. The Balaban J connectivity index is 1.25. The first-order valence-corrected chi connectivity index (χ1v) is 15.4. The molecule has 0 aliphatic carbocycles. The van der Waals surface area contributed by atoms with E-state index in [2.05, 4.69) is 27.7 Å². The molecule has 2 aromatic carbocycles. The second kappa shape index (κ2) is 11.8. The quantitative estimate of drug-likeness (QED) is 0.257. The molecule has 2 fully saturated rings. The zero-order valence-corrected chi connectivity index (χ0v) is 24.1. The van der Waals surface area contributed by atoms with Crippen molar-refractivity contribution in [1.29, 1.82) is 0 Å². The molecule has 1 unspecified atom stereocenters. The summed E-state index contributed by atoms with van der Waals surface area (Å²) in [5, 5.41) is 8.62. The van der Waals surface area contributed by atoms with Crippen molar-refractivity contribution >= 4 is 54.6 Å². The largest absolute Gasteiger partial charge is 0.378 e. The van der Waals surface area contributed by atoms with Crippen LogP contribution in [-0.4, -0.2) is 67.4 Å². The van der Waals surface area contributed by atoms with Crippen LogP contribution in [0.15, 0.2) is 65.6 Å². The van der Waals surface area contributed by atoms with Gasteiger partial charge in [0.1, 0.15) is 11.5 Å². The molecule has 216 valence electrons. The van der Waals surface area contributed by atoms with Gasteiger partial charge in [-0.15, -0.1) is 11.3 Å². The number of fused-ring (bicyclic) bond motifs is 4. The Morgan fingerprint density at radius 2 is 1.93 bits per heavy atom. The van der Waals surface area contributed by atoms with Crippen LogP contribution >= 0.6 is 11.3 Å². The summed E-state index contributed by atoms with van der Waals surface area (Å²) in [6.45, 7) is 4.82. The van der Waals surface area contributed by atoms with E-state index in [9.17, 15) is 9.59 Å². The zero-order chi connectivity index (χ0) is 28.5. The van der Waals surface area contributed by atoms with E-state index in [1.54, 1.807) is 28.0 Å². The smallest absolute Gasteiger partial charge is 0.259 e. The molecule has 0 saturated carbocycles. The van der Waals surface area contributed by atoms with Crippen LogP contribution in [0.25, 0.3) is 36.9 Å². The lowest BCUT2D eigenvalue weighted by Gasteiger charge is -2.27. The molecular formula is C32H33N5O4S. The maximum Gasteiger partial charge on any atom is 0.259 e. The van der Waals surface area contributed by atoms with Gasteiger partial charge in [0, 0.05) is 82.8 Å². The molecule has 2 aliphatic rings. The number of pyridine rings is 1. The average molecular weight is 584 g/mol. The van der Waals surface area contributed by atoms with E-state index in [1.165, 1.54) is 0 Å². The van der Waals surface area contributed by atoms with E-state index in [0.717, 1.165) is 63.0 Å². The van der Waals surface area contributed by atoms with Gasteiger partial charge in [-0.2, -0.15) is 0 Å². The van der Waals surface area contributed by atoms with Gasteiger partial charge in [-0.25, -0.2) is 4.98 Å². The summed E-state index contributed by atoms with van der Waals surface area (Å²) in [4.78, 5) is 33.3. The summed E-state index contributed by atoms with van der Waals surface area (Å²) in [7, 11) is 0. The van der Waals surface area contributed by atoms with Crippen LogP contribution in [-0.2, 0) is 14.3 Å². The lowest BCUT2D eigenvalue weighted by molar-refractivity contribution is -0.116. The molecular weight excluding hydrogens is 550 g/mol. The number of hydrogen-bond donors (Lipinski definition) is 2. The van der Waals surface area contributed by atoms with Crippen molar-refractivity contribution in [2.45, 2.75) is 25.4 Å².